The van der Waals surface area contributed by atoms with E-state index in [9.17, 15) is 13.2 Å². The van der Waals surface area contributed by atoms with E-state index in [-0.39, 0.29) is 5.91 Å². The summed E-state index contributed by atoms with van der Waals surface area (Å²) in [6, 6.07) is 6.98. The molecule has 8 heteroatoms. The van der Waals surface area contributed by atoms with Crippen molar-refractivity contribution in [3.8, 4) is 0 Å². The summed E-state index contributed by atoms with van der Waals surface area (Å²) in [5, 5.41) is 1.76. The lowest BCUT2D eigenvalue weighted by atomic mass is 10.1. The first-order chi connectivity index (χ1) is 11.9. The maximum atomic E-state index is 12.8. The lowest BCUT2D eigenvalue weighted by Crippen LogP contribution is -2.37. The van der Waals surface area contributed by atoms with Crippen molar-refractivity contribution in [3.63, 3.8) is 0 Å². The minimum Gasteiger partial charge on any atom is -0.337 e. The quantitative estimate of drug-likeness (QED) is 0.820. The van der Waals surface area contributed by atoms with Crippen molar-refractivity contribution in [1.82, 2.24) is 14.2 Å². The number of hydrogen-bond donors (Lipinski definition) is 0. The molecule has 1 aliphatic heterocycles. The first-order valence-corrected chi connectivity index (χ1v) is 10.5. The van der Waals surface area contributed by atoms with Crippen LogP contribution in [0.25, 0.3) is 0 Å². The van der Waals surface area contributed by atoms with Gasteiger partial charge in [0.25, 0.3) is 15.9 Å². The summed E-state index contributed by atoms with van der Waals surface area (Å²) in [5.41, 5.74) is 2.16. The molecule has 1 saturated heterocycles. The monoisotopic (exact) mass is 379 g/mol. The molecular weight excluding hydrogens is 358 g/mol. The Morgan fingerprint density at radius 2 is 1.92 bits per heavy atom. The predicted octanol–water partition coefficient (Wildman–Crippen LogP) is 2.30. The van der Waals surface area contributed by atoms with Crippen molar-refractivity contribution in [2.45, 2.75) is 24.5 Å². The topological polar surface area (TPSA) is 70.6 Å². The van der Waals surface area contributed by atoms with Crippen LogP contribution in [-0.4, -0.2) is 54.7 Å². The number of rotatable bonds is 3. The van der Waals surface area contributed by atoms with Crippen LogP contribution in [0.2, 0.25) is 0 Å². The smallest absolute Gasteiger partial charge is 0.255 e. The molecule has 2 aromatic heterocycles. The average Bonchev–Trinajstić information content (AvgIpc) is 2.99. The van der Waals surface area contributed by atoms with E-state index < -0.39 is 10.0 Å². The van der Waals surface area contributed by atoms with Gasteiger partial charge in [-0.2, -0.15) is 4.31 Å². The molecule has 1 aliphatic rings. The highest BCUT2D eigenvalue weighted by molar-refractivity contribution is 7.91. The first-order valence-electron chi connectivity index (χ1n) is 8.17. The number of thiophene rings is 1. The molecule has 0 bridgehead atoms. The molecule has 0 N–H and O–H groups in total. The zero-order valence-electron chi connectivity index (χ0n) is 14.3. The summed E-state index contributed by atoms with van der Waals surface area (Å²) in [7, 11) is -3.47. The fourth-order valence-corrected chi connectivity index (χ4v) is 5.57. The maximum absolute atomic E-state index is 12.8. The van der Waals surface area contributed by atoms with Gasteiger partial charge in [0.1, 0.15) is 4.21 Å². The van der Waals surface area contributed by atoms with E-state index in [4.69, 9.17) is 0 Å². The van der Waals surface area contributed by atoms with Gasteiger partial charge in [0.05, 0.1) is 11.3 Å². The highest BCUT2D eigenvalue weighted by Crippen LogP contribution is 2.22. The summed E-state index contributed by atoms with van der Waals surface area (Å²) in [4.78, 5) is 18.9. The second kappa shape index (κ2) is 7.23. The number of hydrogen-bond acceptors (Lipinski definition) is 5. The molecule has 25 heavy (non-hydrogen) atoms. The lowest BCUT2D eigenvalue weighted by Gasteiger charge is -2.22. The van der Waals surface area contributed by atoms with Crippen molar-refractivity contribution in [3.05, 3.63) is 46.6 Å². The van der Waals surface area contributed by atoms with E-state index in [1.54, 1.807) is 28.5 Å². The zero-order valence-corrected chi connectivity index (χ0v) is 15.9. The van der Waals surface area contributed by atoms with Gasteiger partial charge in [-0.3, -0.25) is 9.78 Å². The van der Waals surface area contributed by atoms with Crippen LogP contribution in [0.3, 0.4) is 0 Å². The van der Waals surface area contributed by atoms with E-state index in [2.05, 4.69) is 4.98 Å². The predicted molar refractivity (Wildman–Crippen MR) is 97.3 cm³/mol. The largest absolute Gasteiger partial charge is 0.337 e. The highest BCUT2D eigenvalue weighted by Gasteiger charge is 2.29. The standard InChI is InChI=1S/C17H21N3O3S2/c1-13-6-7-15(14(2)18-13)17(21)19-8-4-9-20(11-10-19)25(22,23)16-5-3-12-24-16/h3,5-7,12H,4,8-11H2,1-2H3. The molecule has 0 unspecified atom stereocenters. The molecule has 0 aromatic carbocycles. The molecule has 134 valence electrons. The Morgan fingerprint density at radius 1 is 1.12 bits per heavy atom. The second-order valence-corrected chi connectivity index (χ2v) is 9.18. The maximum Gasteiger partial charge on any atom is 0.255 e. The van der Waals surface area contributed by atoms with Crippen LogP contribution in [-0.2, 0) is 10.0 Å². The summed E-state index contributed by atoms with van der Waals surface area (Å²) in [5.74, 6) is -0.0830. The minimum absolute atomic E-state index is 0.0830. The molecule has 2 aromatic rings. The summed E-state index contributed by atoms with van der Waals surface area (Å²) >= 11 is 1.22. The van der Waals surface area contributed by atoms with Gasteiger partial charge in [-0.15, -0.1) is 11.3 Å². The van der Waals surface area contributed by atoms with Gasteiger partial charge in [-0.25, -0.2) is 8.42 Å². The number of sulfonamides is 1. The third-order valence-corrected chi connectivity index (χ3v) is 7.56. The Labute approximate surface area is 152 Å². The summed E-state index contributed by atoms with van der Waals surface area (Å²) in [6.07, 6.45) is 0.620. The number of carbonyl (C=O) groups is 1. The highest BCUT2D eigenvalue weighted by atomic mass is 32.2. The Balaban J connectivity index is 1.74. The van der Waals surface area contributed by atoms with E-state index in [0.717, 1.165) is 5.69 Å². The SMILES string of the molecule is Cc1ccc(C(=O)N2CCCN(S(=O)(=O)c3cccs3)CC2)c(C)n1. The fraction of sp³-hybridized carbons (Fsp3) is 0.412. The third kappa shape index (κ3) is 3.75. The van der Waals surface area contributed by atoms with E-state index in [1.165, 1.54) is 15.6 Å². The summed E-state index contributed by atoms with van der Waals surface area (Å²) in [6.45, 7) is 5.38. The van der Waals surface area contributed by atoms with Crippen molar-refractivity contribution >= 4 is 27.3 Å². The molecule has 0 aliphatic carbocycles. The molecular formula is C17H21N3O3S2. The molecule has 0 atom stereocenters. The zero-order chi connectivity index (χ0) is 18.0. The third-order valence-electron chi connectivity index (χ3n) is 4.29. The number of pyridine rings is 1. The van der Waals surface area contributed by atoms with E-state index >= 15 is 0 Å². The van der Waals surface area contributed by atoms with Gasteiger partial charge in [0.2, 0.25) is 0 Å². The molecule has 0 spiro atoms. The van der Waals surface area contributed by atoms with Crippen molar-refractivity contribution in [1.29, 1.82) is 0 Å². The lowest BCUT2D eigenvalue weighted by molar-refractivity contribution is 0.0763. The van der Waals surface area contributed by atoms with Crippen LogP contribution in [0.15, 0.2) is 33.9 Å². The van der Waals surface area contributed by atoms with Crippen LogP contribution in [0.1, 0.15) is 28.2 Å². The van der Waals surface area contributed by atoms with Crippen LogP contribution >= 0.6 is 11.3 Å². The van der Waals surface area contributed by atoms with Gasteiger partial charge in [-0.05, 0) is 43.8 Å². The van der Waals surface area contributed by atoms with Crippen molar-refractivity contribution < 1.29 is 13.2 Å². The normalized spacial score (nSPS) is 16.6. The van der Waals surface area contributed by atoms with E-state index in [1.807, 2.05) is 19.9 Å². The Bertz CT molecular complexity index is 863. The van der Waals surface area contributed by atoms with Gasteiger partial charge >= 0.3 is 0 Å². The second-order valence-electron chi connectivity index (χ2n) is 6.07. The van der Waals surface area contributed by atoms with Crippen LogP contribution in [0, 0.1) is 13.8 Å². The molecule has 1 amide bonds. The van der Waals surface area contributed by atoms with Crippen molar-refractivity contribution in [2.75, 3.05) is 26.2 Å². The van der Waals surface area contributed by atoms with Gasteiger partial charge < -0.3 is 4.90 Å². The van der Waals surface area contributed by atoms with Crippen LogP contribution in [0.5, 0.6) is 0 Å². The molecule has 6 nitrogen and oxygen atoms in total. The number of aryl methyl sites for hydroxylation is 2. The fourth-order valence-electron chi connectivity index (χ4n) is 2.96. The first kappa shape index (κ1) is 18.0. The molecule has 3 heterocycles. The Kier molecular flexibility index (Phi) is 5.21. The molecule has 3 rings (SSSR count). The number of amides is 1. The number of aromatic nitrogens is 1. The van der Waals surface area contributed by atoms with Crippen LogP contribution in [0.4, 0.5) is 0 Å². The molecule has 0 radical (unpaired) electrons. The van der Waals surface area contributed by atoms with Gasteiger partial charge in [-0.1, -0.05) is 6.07 Å². The molecule has 1 fully saturated rings. The number of nitrogens with zero attached hydrogens (tertiary/aromatic N) is 3. The summed E-state index contributed by atoms with van der Waals surface area (Å²) < 4.78 is 27.2. The van der Waals surface area contributed by atoms with Gasteiger partial charge in [0.15, 0.2) is 0 Å². The average molecular weight is 380 g/mol. The van der Waals surface area contributed by atoms with Gasteiger partial charge in [0, 0.05) is 31.9 Å². The Morgan fingerprint density at radius 3 is 2.60 bits per heavy atom. The Hall–Kier alpha value is -1.77. The minimum atomic E-state index is -3.47. The molecule has 0 saturated carbocycles. The van der Waals surface area contributed by atoms with E-state index in [0.29, 0.717) is 48.1 Å². The van der Waals surface area contributed by atoms with Crippen LogP contribution < -0.4 is 0 Å². The number of carbonyl (C=O) groups excluding carboxylic acids is 1. The van der Waals surface area contributed by atoms with Crippen molar-refractivity contribution in [2.24, 2.45) is 0 Å².